The lowest BCUT2D eigenvalue weighted by Gasteiger charge is -2.30. The van der Waals surface area contributed by atoms with Gasteiger partial charge in [0.2, 0.25) is 5.91 Å². The van der Waals surface area contributed by atoms with Gasteiger partial charge in [-0.2, -0.15) is 31.4 Å². The Morgan fingerprint density at radius 1 is 1.16 bits per heavy atom. The fourth-order valence-corrected chi connectivity index (χ4v) is 4.35. The second kappa shape index (κ2) is 7.23. The smallest absolute Gasteiger partial charge is 0.390 e. The van der Waals surface area contributed by atoms with Crippen molar-refractivity contribution in [2.75, 3.05) is 5.32 Å². The van der Waals surface area contributed by atoms with E-state index in [1.54, 1.807) is 0 Å². The zero-order valence-electron chi connectivity index (χ0n) is 15.9. The van der Waals surface area contributed by atoms with E-state index in [9.17, 15) is 36.2 Å². The molecular weight excluding hydrogens is 432 g/mol. The molecule has 2 saturated heterocycles. The van der Waals surface area contributed by atoms with Gasteiger partial charge in [-0.1, -0.05) is 0 Å². The lowest BCUT2D eigenvalue weighted by Crippen LogP contribution is -2.41. The van der Waals surface area contributed by atoms with E-state index in [0.717, 1.165) is 35.1 Å². The fourth-order valence-electron chi connectivity index (χ4n) is 4.35. The molecule has 3 heterocycles. The topological polar surface area (TPSA) is 76.4 Å². The monoisotopic (exact) mass is 449 g/mol. The van der Waals surface area contributed by atoms with E-state index < -0.39 is 59.7 Å². The summed E-state index contributed by atoms with van der Waals surface area (Å²) in [5.74, 6) is -2.91. The number of rotatable bonds is 3. The minimum atomic E-state index is -4.78. The molecule has 2 bridgehead atoms. The van der Waals surface area contributed by atoms with Gasteiger partial charge in [0.1, 0.15) is 0 Å². The summed E-state index contributed by atoms with van der Waals surface area (Å²) in [5, 5.41) is 16.1. The number of benzene rings is 1. The fraction of sp³-hybridized carbons (Fsp3) is 0.474. The molecule has 0 saturated carbocycles. The first-order valence-corrected chi connectivity index (χ1v) is 9.28. The van der Waals surface area contributed by atoms with Gasteiger partial charge in [0.15, 0.2) is 5.69 Å². The molecule has 0 radical (unpaired) electrons. The lowest BCUT2D eigenvalue weighted by atomic mass is 9.73. The van der Waals surface area contributed by atoms with Crippen LogP contribution in [0.5, 0.6) is 0 Å². The Morgan fingerprint density at radius 2 is 1.81 bits per heavy atom. The summed E-state index contributed by atoms with van der Waals surface area (Å²) in [6.45, 7) is 0. The number of ether oxygens (including phenoxy) is 1. The normalized spacial score (nSPS) is 28.2. The number of aromatic nitrogens is 2. The van der Waals surface area contributed by atoms with E-state index in [1.807, 2.05) is 0 Å². The van der Waals surface area contributed by atoms with E-state index in [1.165, 1.54) is 7.05 Å². The molecule has 0 aliphatic carbocycles. The van der Waals surface area contributed by atoms with Crippen LogP contribution in [0.3, 0.4) is 0 Å². The van der Waals surface area contributed by atoms with Gasteiger partial charge in [0, 0.05) is 36.8 Å². The minimum Gasteiger partial charge on any atom is -0.390 e. The van der Waals surface area contributed by atoms with Crippen molar-refractivity contribution in [2.45, 2.75) is 43.0 Å². The number of hydrogen-bond donors (Lipinski definition) is 2. The molecular formula is C19H17F6N3O3. The average Bonchev–Trinajstić information content (AvgIpc) is 3.32. The lowest BCUT2D eigenvalue weighted by molar-refractivity contribution is -0.143. The van der Waals surface area contributed by atoms with Crippen LogP contribution in [0.15, 0.2) is 30.5 Å². The number of aliphatic hydroxyl groups excluding tert-OH is 1. The van der Waals surface area contributed by atoms with E-state index in [0.29, 0.717) is 0 Å². The number of amides is 1. The Labute approximate surface area is 171 Å². The summed E-state index contributed by atoms with van der Waals surface area (Å²) in [6.07, 6.45) is -11.0. The molecule has 31 heavy (non-hydrogen) atoms. The van der Waals surface area contributed by atoms with Crippen molar-refractivity contribution >= 4 is 11.6 Å². The molecule has 2 aromatic rings. The molecule has 4 rings (SSSR count). The summed E-state index contributed by atoms with van der Waals surface area (Å²) in [7, 11) is 1.31. The van der Waals surface area contributed by atoms with Crippen molar-refractivity contribution in [3.8, 4) is 0 Å². The van der Waals surface area contributed by atoms with Crippen LogP contribution in [0, 0.1) is 5.92 Å². The molecule has 2 fully saturated rings. The van der Waals surface area contributed by atoms with E-state index in [4.69, 9.17) is 4.74 Å². The molecule has 2 aliphatic rings. The van der Waals surface area contributed by atoms with Gasteiger partial charge in [-0.15, -0.1) is 0 Å². The Hall–Kier alpha value is -2.60. The van der Waals surface area contributed by atoms with Gasteiger partial charge < -0.3 is 15.2 Å². The average molecular weight is 449 g/mol. The molecule has 5 atom stereocenters. The van der Waals surface area contributed by atoms with Crippen LogP contribution in [0.4, 0.5) is 32.0 Å². The molecule has 168 valence electrons. The zero-order valence-corrected chi connectivity index (χ0v) is 15.9. The third-order valence-corrected chi connectivity index (χ3v) is 5.59. The number of anilines is 1. The predicted molar refractivity (Wildman–Crippen MR) is 93.8 cm³/mol. The van der Waals surface area contributed by atoms with Gasteiger partial charge >= 0.3 is 12.4 Å². The first-order valence-electron chi connectivity index (χ1n) is 9.28. The Balaban J connectivity index is 1.63. The predicted octanol–water partition coefficient (Wildman–Crippen LogP) is 3.33. The molecule has 12 heteroatoms. The van der Waals surface area contributed by atoms with E-state index >= 15 is 0 Å². The number of aliphatic hydroxyl groups is 1. The summed E-state index contributed by atoms with van der Waals surface area (Å²) in [6, 6.07) is 3.70. The number of alkyl halides is 6. The van der Waals surface area contributed by atoms with Crippen LogP contribution < -0.4 is 5.32 Å². The number of carbonyl (C=O) groups excluding carboxylic acids is 1. The zero-order chi connectivity index (χ0) is 22.7. The van der Waals surface area contributed by atoms with Crippen molar-refractivity contribution in [3.05, 3.63) is 47.3 Å². The number of nitrogens with one attached hydrogen (secondary N) is 1. The second-order valence-corrected chi connectivity index (χ2v) is 7.66. The van der Waals surface area contributed by atoms with Gasteiger partial charge in [0.25, 0.3) is 0 Å². The first-order chi connectivity index (χ1) is 14.4. The maximum absolute atomic E-state index is 13.5. The third kappa shape index (κ3) is 3.89. The molecule has 2 N–H and O–H groups in total. The van der Waals surface area contributed by atoms with E-state index in [2.05, 4.69) is 10.4 Å². The van der Waals surface area contributed by atoms with Crippen LogP contribution >= 0.6 is 0 Å². The highest BCUT2D eigenvalue weighted by atomic mass is 19.4. The highest BCUT2D eigenvalue weighted by Crippen LogP contribution is 2.51. The van der Waals surface area contributed by atoms with Crippen molar-refractivity contribution in [1.82, 2.24) is 9.78 Å². The summed E-state index contributed by atoms with van der Waals surface area (Å²) in [4.78, 5) is 12.9. The van der Waals surface area contributed by atoms with Crippen molar-refractivity contribution in [1.29, 1.82) is 0 Å². The van der Waals surface area contributed by atoms with Gasteiger partial charge in [-0.05, 0) is 24.3 Å². The number of carbonyl (C=O) groups is 1. The van der Waals surface area contributed by atoms with Crippen LogP contribution in [0.1, 0.15) is 29.2 Å². The van der Waals surface area contributed by atoms with Gasteiger partial charge in [-0.3, -0.25) is 9.48 Å². The van der Waals surface area contributed by atoms with Crippen LogP contribution in [0.25, 0.3) is 0 Å². The van der Waals surface area contributed by atoms with E-state index in [-0.39, 0.29) is 17.7 Å². The number of halogens is 6. The maximum atomic E-state index is 13.5. The van der Waals surface area contributed by atoms with Crippen molar-refractivity contribution in [2.24, 2.45) is 13.0 Å². The summed E-state index contributed by atoms with van der Waals surface area (Å²) in [5.41, 5.74) is -2.29. The molecule has 1 aromatic carbocycles. The summed E-state index contributed by atoms with van der Waals surface area (Å²) < 4.78 is 85.2. The van der Waals surface area contributed by atoms with Crippen LogP contribution in [-0.4, -0.2) is 39.1 Å². The molecule has 0 spiro atoms. The molecule has 6 nitrogen and oxygen atoms in total. The molecule has 1 amide bonds. The Kier molecular flexibility index (Phi) is 5.04. The highest BCUT2D eigenvalue weighted by molar-refractivity contribution is 5.94. The molecule has 5 unspecified atom stereocenters. The Bertz CT molecular complexity index is 985. The number of nitrogens with zero attached hydrogens (tertiary/aromatic N) is 2. The van der Waals surface area contributed by atoms with Gasteiger partial charge in [-0.25, -0.2) is 0 Å². The number of hydrogen-bond acceptors (Lipinski definition) is 4. The SMILES string of the molecule is Cn1cc(C2C3OC(CC3O)C2C(=O)Nc2ccc(C(F)(F)F)cc2)c(C(F)(F)F)n1. The standard InChI is InChI=1S/C19H17F6N3O3/c1-28-7-10(16(27-28)19(23,24)25)13-14(12-6-11(29)15(13)31-12)17(30)26-9-4-2-8(3-5-9)18(20,21)22/h2-5,7,11-15,29H,6H2,1H3,(H,26,30). The minimum absolute atomic E-state index is 0.0577. The highest BCUT2D eigenvalue weighted by Gasteiger charge is 2.59. The first kappa shape index (κ1) is 21.6. The van der Waals surface area contributed by atoms with Crippen LogP contribution in [0.2, 0.25) is 0 Å². The van der Waals surface area contributed by atoms with Crippen molar-refractivity contribution in [3.63, 3.8) is 0 Å². The number of aryl methyl sites for hydroxylation is 1. The number of fused-ring (bicyclic) bond motifs is 2. The largest absolute Gasteiger partial charge is 0.435 e. The molecule has 1 aromatic heterocycles. The molecule has 2 aliphatic heterocycles. The van der Waals surface area contributed by atoms with Crippen LogP contribution in [-0.2, 0) is 28.9 Å². The quantitative estimate of drug-likeness (QED) is 0.705. The summed E-state index contributed by atoms with van der Waals surface area (Å²) >= 11 is 0. The second-order valence-electron chi connectivity index (χ2n) is 7.66. The Morgan fingerprint density at radius 3 is 2.39 bits per heavy atom. The van der Waals surface area contributed by atoms with Gasteiger partial charge in [0.05, 0.1) is 29.8 Å². The third-order valence-electron chi connectivity index (χ3n) is 5.59. The maximum Gasteiger partial charge on any atom is 0.435 e. The van der Waals surface area contributed by atoms with Crippen molar-refractivity contribution < 1.29 is 41.0 Å².